The molecule has 0 radical (unpaired) electrons. The van der Waals surface area contributed by atoms with E-state index in [0.29, 0.717) is 25.3 Å². The Morgan fingerprint density at radius 1 is 1.19 bits per heavy atom. The highest BCUT2D eigenvalue weighted by Crippen LogP contribution is 2.32. The largest absolute Gasteiger partial charge is 0.364 e. The van der Waals surface area contributed by atoms with Crippen LogP contribution in [0.25, 0.3) is 0 Å². The zero-order valence-electron chi connectivity index (χ0n) is 15.3. The summed E-state index contributed by atoms with van der Waals surface area (Å²) in [6.07, 6.45) is 0. The number of nitro groups is 1. The van der Waals surface area contributed by atoms with Crippen LogP contribution in [0.3, 0.4) is 0 Å². The molecule has 0 aliphatic heterocycles. The van der Waals surface area contributed by atoms with Crippen LogP contribution in [-0.4, -0.2) is 37.8 Å². The number of anilines is 1. The fourth-order valence-electron chi connectivity index (χ4n) is 2.71. The summed E-state index contributed by atoms with van der Waals surface area (Å²) in [4.78, 5) is 13.8. The van der Waals surface area contributed by atoms with Gasteiger partial charge in [0.15, 0.2) is 0 Å². The standard InChI is InChI=1S/C17H23N3O4S2/c1-5-19(6-2)26(23,24)14-7-8-15(16(11-14)20(21)22)18(4)12-17-13(3)9-10-25-17/h7-11H,5-6,12H2,1-4H3. The Kier molecular flexibility index (Phi) is 6.38. The Bertz CT molecular complexity index is 889. The van der Waals surface area contributed by atoms with Crippen LogP contribution in [0.4, 0.5) is 11.4 Å². The lowest BCUT2D eigenvalue weighted by atomic mass is 10.2. The van der Waals surface area contributed by atoms with Crippen molar-refractivity contribution in [1.29, 1.82) is 0 Å². The molecule has 1 aromatic heterocycles. The Balaban J connectivity index is 2.43. The van der Waals surface area contributed by atoms with Gasteiger partial charge in [-0.2, -0.15) is 4.31 Å². The number of benzene rings is 1. The SMILES string of the molecule is CCN(CC)S(=O)(=O)c1ccc(N(C)Cc2sccc2C)c([N+](=O)[O-])c1. The van der Waals surface area contributed by atoms with E-state index in [9.17, 15) is 18.5 Å². The van der Waals surface area contributed by atoms with Crippen molar-refractivity contribution in [1.82, 2.24) is 4.31 Å². The highest BCUT2D eigenvalue weighted by Gasteiger charge is 2.26. The van der Waals surface area contributed by atoms with Crippen LogP contribution in [0.2, 0.25) is 0 Å². The van der Waals surface area contributed by atoms with Gasteiger partial charge in [0.2, 0.25) is 10.0 Å². The maximum atomic E-state index is 12.6. The minimum absolute atomic E-state index is 0.0580. The van der Waals surface area contributed by atoms with Gasteiger partial charge in [-0.3, -0.25) is 10.1 Å². The van der Waals surface area contributed by atoms with Crippen LogP contribution < -0.4 is 4.90 Å². The second kappa shape index (κ2) is 8.15. The number of thiophene rings is 1. The van der Waals surface area contributed by atoms with Crippen molar-refractivity contribution < 1.29 is 13.3 Å². The molecule has 0 saturated heterocycles. The van der Waals surface area contributed by atoms with Crippen molar-refractivity contribution in [3.8, 4) is 0 Å². The number of sulfonamides is 1. The summed E-state index contributed by atoms with van der Waals surface area (Å²) in [5.74, 6) is 0. The van der Waals surface area contributed by atoms with Crippen molar-refractivity contribution in [3.05, 3.63) is 50.2 Å². The lowest BCUT2D eigenvalue weighted by Gasteiger charge is -2.21. The molecule has 0 bridgehead atoms. The zero-order chi connectivity index (χ0) is 19.5. The Morgan fingerprint density at radius 3 is 2.35 bits per heavy atom. The average Bonchev–Trinajstić information content (AvgIpc) is 2.99. The molecule has 2 rings (SSSR count). The van der Waals surface area contributed by atoms with Gasteiger partial charge in [-0.05, 0) is 36.1 Å². The Morgan fingerprint density at radius 2 is 1.85 bits per heavy atom. The zero-order valence-corrected chi connectivity index (χ0v) is 16.9. The third-order valence-electron chi connectivity index (χ3n) is 4.25. The van der Waals surface area contributed by atoms with Gasteiger partial charge in [0, 0.05) is 31.1 Å². The summed E-state index contributed by atoms with van der Waals surface area (Å²) in [6, 6.07) is 6.11. The summed E-state index contributed by atoms with van der Waals surface area (Å²) in [7, 11) is -1.98. The second-order valence-electron chi connectivity index (χ2n) is 5.88. The second-order valence-corrected chi connectivity index (χ2v) is 8.82. The maximum Gasteiger partial charge on any atom is 0.293 e. The van der Waals surface area contributed by atoms with E-state index in [1.54, 1.807) is 37.1 Å². The lowest BCUT2D eigenvalue weighted by molar-refractivity contribution is -0.384. The summed E-state index contributed by atoms with van der Waals surface area (Å²) in [5, 5.41) is 13.5. The molecule has 1 heterocycles. The summed E-state index contributed by atoms with van der Waals surface area (Å²) in [5.41, 5.74) is 1.31. The smallest absolute Gasteiger partial charge is 0.293 e. The molecule has 0 spiro atoms. The van der Waals surface area contributed by atoms with Gasteiger partial charge >= 0.3 is 0 Å². The van der Waals surface area contributed by atoms with Crippen molar-refractivity contribution in [2.45, 2.75) is 32.2 Å². The van der Waals surface area contributed by atoms with Crippen molar-refractivity contribution in [3.63, 3.8) is 0 Å². The molecule has 0 amide bonds. The summed E-state index contributed by atoms with van der Waals surface area (Å²) < 4.78 is 26.6. The number of nitro benzene ring substituents is 1. The van der Waals surface area contributed by atoms with Gasteiger partial charge < -0.3 is 4.90 Å². The number of nitrogens with zero attached hydrogens (tertiary/aromatic N) is 3. The monoisotopic (exact) mass is 397 g/mol. The van der Waals surface area contributed by atoms with Gasteiger partial charge in [-0.25, -0.2) is 8.42 Å². The molecule has 0 atom stereocenters. The lowest BCUT2D eigenvalue weighted by Crippen LogP contribution is -2.30. The first-order valence-corrected chi connectivity index (χ1v) is 10.6. The highest BCUT2D eigenvalue weighted by atomic mass is 32.2. The maximum absolute atomic E-state index is 12.6. The first-order valence-electron chi connectivity index (χ1n) is 8.25. The van der Waals surface area contributed by atoms with Gasteiger partial charge in [0.25, 0.3) is 5.69 Å². The van der Waals surface area contributed by atoms with Crippen LogP contribution in [0.1, 0.15) is 24.3 Å². The predicted molar refractivity (Wildman–Crippen MR) is 104 cm³/mol. The molecule has 9 heteroatoms. The van der Waals surface area contributed by atoms with Gasteiger partial charge in [0.1, 0.15) is 5.69 Å². The fraction of sp³-hybridized carbons (Fsp3) is 0.412. The average molecular weight is 398 g/mol. The number of rotatable bonds is 8. The molecule has 2 aromatic rings. The van der Waals surface area contributed by atoms with E-state index in [1.807, 2.05) is 18.4 Å². The minimum atomic E-state index is -3.74. The third kappa shape index (κ3) is 4.05. The molecular formula is C17H23N3O4S2. The van der Waals surface area contributed by atoms with Crippen molar-refractivity contribution in [2.24, 2.45) is 0 Å². The molecule has 7 nitrogen and oxygen atoms in total. The molecule has 0 aliphatic carbocycles. The summed E-state index contributed by atoms with van der Waals surface area (Å²) in [6.45, 7) is 6.61. The number of aryl methyl sites for hydroxylation is 1. The van der Waals surface area contributed by atoms with Crippen molar-refractivity contribution >= 4 is 32.7 Å². The van der Waals surface area contributed by atoms with E-state index in [-0.39, 0.29) is 10.6 Å². The molecule has 0 saturated carbocycles. The molecule has 0 aliphatic rings. The molecule has 0 unspecified atom stereocenters. The molecule has 0 fully saturated rings. The molecular weight excluding hydrogens is 374 g/mol. The van der Waals surface area contributed by atoms with E-state index >= 15 is 0 Å². The summed E-state index contributed by atoms with van der Waals surface area (Å²) >= 11 is 1.59. The Hall–Kier alpha value is -1.97. The van der Waals surface area contributed by atoms with Gasteiger partial charge in [-0.15, -0.1) is 11.3 Å². The first kappa shape index (κ1) is 20.3. The minimum Gasteiger partial charge on any atom is -0.364 e. The normalized spacial score (nSPS) is 11.7. The molecule has 26 heavy (non-hydrogen) atoms. The highest BCUT2D eigenvalue weighted by molar-refractivity contribution is 7.89. The molecule has 142 valence electrons. The van der Waals surface area contributed by atoms with E-state index < -0.39 is 14.9 Å². The van der Waals surface area contributed by atoms with Crippen LogP contribution in [0.15, 0.2) is 34.5 Å². The van der Waals surface area contributed by atoms with E-state index in [4.69, 9.17) is 0 Å². The predicted octanol–water partition coefficient (Wildman–Crippen LogP) is 3.63. The molecule has 0 N–H and O–H groups in total. The number of hydrogen-bond donors (Lipinski definition) is 0. The first-order chi connectivity index (χ1) is 12.2. The van der Waals surface area contributed by atoms with E-state index in [1.165, 1.54) is 16.4 Å². The molecule has 1 aromatic carbocycles. The quantitative estimate of drug-likeness (QED) is 0.502. The fourth-order valence-corrected chi connectivity index (χ4v) is 5.15. The van der Waals surface area contributed by atoms with Gasteiger partial charge in [0.05, 0.1) is 16.4 Å². The third-order valence-corrected chi connectivity index (χ3v) is 7.30. The van der Waals surface area contributed by atoms with Crippen LogP contribution in [0.5, 0.6) is 0 Å². The van der Waals surface area contributed by atoms with Crippen LogP contribution in [0, 0.1) is 17.0 Å². The van der Waals surface area contributed by atoms with Crippen LogP contribution in [-0.2, 0) is 16.6 Å². The van der Waals surface area contributed by atoms with E-state index in [2.05, 4.69) is 0 Å². The topological polar surface area (TPSA) is 83.8 Å². The van der Waals surface area contributed by atoms with E-state index in [0.717, 1.165) is 16.5 Å². The van der Waals surface area contributed by atoms with Gasteiger partial charge in [-0.1, -0.05) is 13.8 Å². The van der Waals surface area contributed by atoms with Crippen molar-refractivity contribution in [2.75, 3.05) is 25.0 Å². The Labute approximate surface area is 158 Å². The number of hydrogen-bond acceptors (Lipinski definition) is 6. The van der Waals surface area contributed by atoms with Crippen LogP contribution >= 0.6 is 11.3 Å².